The highest BCUT2D eigenvalue weighted by Gasteiger charge is 2.14. The third-order valence-corrected chi connectivity index (χ3v) is 2.12. The van der Waals surface area contributed by atoms with E-state index in [0.717, 1.165) is 0 Å². The predicted octanol–water partition coefficient (Wildman–Crippen LogP) is 2.99. The van der Waals surface area contributed by atoms with Gasteiger partial charge in [0.15, 0.2) is 0 Å². The maximum atomic E-state index is 10.1. The van der Waals surface area contributed by atoms with E-state index in [9.17, 15) is 4.79 Å². The van der Waals surface area contributed by atoms with Crippen LogP contribution in [0.25, 0.3) is 0 Å². The summed E-state index contributed by atoms with van der Waals surface area (Å²) in [6.07, 6.45) is 0. The van der Waals surface area contributed by atoms with Crippen LogP contribution >= 0.6 is 58.8 Å². The summed E-state index contributed by atoms with van der Waals surface area (Å²) in [4.78, 5) is 8.96. The molecule has 0 aliphatic heterocycles. The molecule has 0 saturated carbocycles. The molecule has 11 heavy (non-hydrogen) atoms. The minimum absolute atomic E-state index is 0. The molecule has 0 aromatic rings. The van der Waals surface area contributed by atoms with Gasteiger partial charge in [0.2, 0.25) is 0 Å². The number of carboxylic acids is 1. The first-order chi connectivity index (χ1) is 4.46. The molecule has 0 unspecified atom stereocenters. The zero-order chi connectivity index (χ0) is 8.31. The molecule has 0 saturated heterocycles. The van der Waals surface area contributed by atoms with Gasteiger partial charge in [-0.3, -0.25) is 0 Å². The van der Waals surface area contributed by atoms with E-state index in [1.54, 1.807) is 0 Å². The number of hydrogen-bond acceptors (Lipinski definition) is 1. The molecule has 0 aromatic carbocycles. The Kier molecular flexibility index (Phi) is 8.01. The van der Waals surface area contributed by atoms with E-state index in [2.05, 4.69) is 0 Å². The molecular formula is C4H3Cl5O2. The van der Waals surface area contributed by atoms with Gasteiger partial charge in [-0.1, -0.05) is 46.4 Å². The SMILES string of the molecule is Cl.O=C(O)C(Cl)=C(Cl)C(Cl)Cl. The van der Waals surface area contributed by atoms with Gasteiger partial charge in [0.1, 0.15) is 9.87 Å². The van der Waals surface area contributed by atoms with Crippen molar-refractivity contribution in [2.45, 2.75) is 4.84 Å². The molecule has 2 nitrogen and oxygen atoms in total. The van der Waals surface area contributed by atoms with Crippen LogP contribution in [0.2, 0.25) is 0 Å². The largest absolute Gasteiger partial charge is 0.477 e. The average Bonchev–Trinajstić information content (AvgIpc) is 1.84. The lowest BCUT2D eigenvalue weighted by molar-refractivity contribution is -0.131. The lowest BCUT2D eigenvalue weighted by Gasteiger charge is -1.98. The lowest BCUT2D eigenvalue weighted by atomic mass is 10.5. The van der Waals surface area contributed by atoms with Crippen molar-refractivity contribution >= 4 is 64.8 Å². The molecule has 0 aliphatic carbocycles. The molecule has 0 fully saturated rings. The summed E-state index contributed by atoms with van der Waals surface area (Å²) < 4.78 is 0. The zero-order valence-corrected chi connectivity index (χ0v) is 8.69. The van der Waals surface area contributed by atoms with Gasteiger partial charge >= 0.3 is 5.97 Å². The molecule has 1 N–H and O–H groups in total. The number of rotatable bonds is 2. The second kappa shape index (κ2) is 6.21. The predicted molar refractivity (Wildman–Crippen MR) is 49.1 cm³/mol. The van der Waals surface area contributed by atoms with E-state index in [1.165, 1.54) is 0 Å². The van der Waals surface area contributed by atoms with E-state index in [4.69, 9.17) is 51.5 Å². The van der Waals surface area contributed by atoms with E-state index >= 15 is 0 Å². The van der Waals surface area contributed by atoms with Crippen molar-refractivity contribution in [1.29, 1.82) is 0 Å². The maximum Gasteiger partial charge on any atom is 0.348 e. The summed E-state index contributed by atoms with van der Waals surface area (Å²) in [7, 11) is 0. The number of halogens is 5. The molecule has 0 atom stereocenters. The van der Waals surface area contributed by atoms with Crippen LogP contribution in [0.4, 0.5) is 0 Å². The fourth-order valence-electron chi connectivity index (χ4n) is 0.198. The first-order valence-corrected chi connectivity index (χ1v) is 3.66. The molecule has 0 rings (SSSR count). The molecule has 0 heterocycles. The maximum absolute atomic E-state index is 10.1. The normalized spacial score (nSPS) is 12.1. The van der Waals surface area contributed by atoms with Gasteiger partial charge in [0, 0.05) is 0 Å². The van der Waals surface area contributed by atoms with Gasteiger partial charge in [-0.2, -0.15) is 0 Å². The summed E-state index contributed by atoms with van der Waals surface area (Å²) in [5.41, 5.74) is 0. The van der Waals surface area contributed by atoms with Gasteiger partial charge in [-0.05, 0) is 0 Å². The smallest absolute Gasteiger partial charge is 0.348 e. The summed E-state index contributed by atoms with van der Waals surface area (Å²) in [5, 5.41) is 7.37. The Hall–Kier alpha value is 0.660. The quantitative estimate of drug-likeness (QED) is 0.612. The van der Waals surface area contributed by atoms with Gasteiger partial charge in [0.05, 0.1) is 5.03 Å². The first kappa shape index (κ1) is 14.2. The highest BCUT2D eigenvalue weighted by atomic mass is 35.5. The molecule has 66 valence electrons. The molecule has 0 radical (unpaired) electrons. The van der Waals surface area contributed by atoms with Crippen molar-refractivity contribution in [3.8, 4) is 0 Å². The third kappa shape index (κ3) is 4.99. The fourth-order valence-corrected chi connectivity index (χ4v) is 0.718. The Morgan fingerprint density at radius 1 is 1.27 bits per heavy atom. The molecule has 0 bridgehead atoms. The zero-order valence-electron chi connectivity index (χ0n) is 4.85. The third-order valence-electron chi connectivity index (χ3n) is 0.589. The van der Waals surface area contributed by atoms with Crippen LogP contribution in [0.3, 0.4) is 0 Å². The Morgan fingerprint density at radius 3 is 1.73 bits per heavy atom. The minimum atomic E-state index is -1.35. The van der Waals surface area contributed by atoms with Crippen LogP contribution in [-0.4, -0.2) is 15.9 Å². The van der Waals surface area contributed by atoms with E-state index in [0.29, 0.717) is 0 Å². The topological polar surface area (TPSA) is 37.3 Å². The monoisotopic (exact) mass is 258 g/mol. The molecule has 0 spiro atoms. The lowest BCUT2D eigenvalue weighted by Crippen LogP contribution is -1.99. The molecular weight excluding hydrogens is 257 g/mol. The van der Waals surface area contributed by atoms with Crippen molar-refractivity contribution in [2.24, 2.45) is 0 Å². The first-order valence-electron chi connectivity index (χ1n) is 2.03. The van der Waals surface area contributed by atoms with Crippen LogP contribution in [-0.2, 0) is 4.79 Å². The number of hydrogen-bond donors (Lipinski definition) is 1. The second-order valence-electron chi connectivity index (χ2n) is 1.27. The number of alkyl halides is 2. The van der Waals surface area contributed by atoms with Crippen LogP contribution in [0, 0.1) is 0 Å². The summed E-state index contributed by atoms with van der Waals surface area (Å²) >= 11 is 20.8. The molecule has 0 aliphatic rings. The number of allylic oxidation sites excluding steroid dienone is 1. The Morgan fingerprint density at radius 2 is 1.64 bits per heavy atom. The van der Waals surface area contributed by atoms with Crippen molar-refractivity contribution < 1.29 is 9.90 Å². The number of carbonyl (C=O) groups is 1. The number of carboxylic acid groups (broad SMARTS) is 1. The van der Waals surface area contributed by atoms with E-state index < -0.39 is 15.8 Å². The minimum Gasteiger partial charge on any atom is -0.477 e. The molecule has 0 aromatic heterocycles. The summed E-state index contributed by atoms with van der Waals surface area (Å²) in [6, 6.07) is 0. The van der Waals surface area contributed by atoms with Gasteiger partial charge in [-0.15, -0.1) is 12.4 Å². The fraction of sp³-hybridized carbons (Fsp3) is 0.250. The van der Waals surface area contributed by atoms with Crippen molar-refractivity contribution in [3.05, 3.63) is 10.1 Å². The average molecular weight is 260 g/mol. The summed E-state index contributed by atoms with van der Waals surface area (Å²) in [6.45, 7) is 0. The van der Waals surface area contributed by atoms with E-state index in [1.807, 2.05) is 0 Å². The molecule has 0 amide bonds. The summed E-state index contributed by atoms with van der Waals surface area (Å²) in [5.74, 6) is -1.35. The van der Waals surface area contributed by atoms with Crippen LogP contribution in [0.15, 0.2) is 10.1 Å². The standard InChI is InChI=1S/C4H2Cl4O2.ClH/c5-1(3(7)8)2(6)4(9)10;/h3H,(H,9,10);1H. The van der Waals surface area contributed by atoms with Crippen LogP contribution in [0.5, 0.6) is 0 Å². The highest BCUT2D eigenvalue weighted by Crippen LogP contribution is 2.24. The Balaban J connectivity index is 0. The van der Waals surface area contributed by atoms with Crippen LogP contribution in [0.1, 0.15) is 0 Å². The van der Waals surface area contributed by atoms with Gasteiger partial charge in [-0.25, -0.2) is 4.79 Å². The Bertz CT molecular complexity index is 175. The van der Waals surface area contributed by atoms with Gasteiger partial charge in [0.25, 0.3) is 0 Å². The number of aliphatic carboxylic acids is 1. The van der Waals surface area contributed by atoms with E-state index in [-0.39, 0.29) is 17.4 Å². The molecule has 7 heteroatoms. The second-order valence-corrected chi connectivity index (χ2v) is 3.15. The van der Waals surface area contributed by atoms with Crippen molar-refractivity contribution in [2.75, 3.05) is 0 Å². The highest BCUT2D eigenvalue weighted by molar-refractivity contribution is 6.56. The van der Waals surface area contributed by atoms with Crippen LogP contribution < -0.4 is 0 Å². The Labute approximate surface area is 89.5 Å². The van der Waals surface area contributed by atoms with Crippen molar-refractivity contribution in [3.63, 3.8) is 0 Å². The van der Waals surface area contributed by atoms with Gasteiger partial charge < -0.3 is 5.11 Å². The van der Waals surface area contributed by atoms with Crippen molar-refractivity contribution in [1.82, 2.24) is 0 Å².